The summed E-state index contributed by atoms with van der Waals surface area (Å²) in [6.07, 6.45) is 3.79. The Kier molecular flexibility index (Phi) is 5.06. The van der Waals surface area contributed by atoms with E-state index in [1.54, 1.807) is 0 Å². The minimum absolute atomic E-state index is 0.133. The molecule has 7 nitrogen and oxygen atoms in total. The lowest BCUT2D eigenvalue weighted by Crippen LogP contribution is -2.15. The first-order chi connectivity index (χ1) is 11.2. The van der Waals surface area contributed by atoms with Crippen molar-refractivity contribution in [3.05, 3.63) is 32.9 Å². The van der Waals surface area contributed by atoms with Crippen molar-refractivity contribution < 1.29 is 0 Å². The number of nitrogens with one attached hydrogen (secondary N) is 1. The van der Waals surface area contributed by atoms with Crippen LogP contribution >= 0.6 is 23.1 Å². The summed E-state index contributed by atoms with van der Waals surface area (Å²) in [6.45, 7) is 4.19. The highest BCUT2D eigenvalue weighted by Gasteiger charge is 2.10. The van der Waals surface area contributed by atoms with Gasteiger partial charge in [-0.15, -0.1) is 5.10 Å². The molecule has 23 heavy (non-hydrogen) atoms. The van der Waals surface area contributed by atoms with E-state index in [2.05, 4.69) is 39.1 Å². The number of hydrogen-bond donors (Lipinski definition) is 1. The van der Waals surface area contributed by atoms with Crippen LogP contribution in [0.15, 0.2) is 16.0 Å². The lowest BCUT2D eigenvalue weighted by atomic mass is 10.3. The lowest BCUT2D eigenvalue weighted by molar-refractivity contribution is 0.818. The van der Waals surface area contributed by atoms with E-state index in [1.165, 1.54) is 33.7 Å². The van der Waals surface area contributed by atoms with E-state index in [1.807, 2.05) is 0 Å². The number of aryl methyl sites for hydroxylation is 2. The summed E-state index contributed by atoms with van der Waals surface area (Å²) in [4.78, 5) is 21.7. The Morgan fingerprint density at radius 2 is 2.09 bits per heavy atom. The van der Waals surface area contributed by atoms with Gasteiger partial charge in [-0.05, 0) is 12.8 Å². The van der Waals surface area contributed by atoms with Gasteiger partial charge < -0.3 is 0 Å². The maximum absolute atomic E-state index is 12.1. The molecule has 9 heteroatoms. The fourth-order valence-corrected chi connectivity index (χ4v) is 3.84. The fraction of sp³-hybridized carbons (Fsp3) is 0.500. The zero-order valence-electron chi connectivity index (χ0n) is 13.1. The van der Waals surface area contributed by atoms with Gasteiger partial charge in [0.2, 0.25) is 10.1 Å². The lowest BCUT2D eigenvalue weighted by Gasteiger charge is -1.97. The summed E-state index contributed by atoms with van der Waals surface area (Å²) in [6, 6.07) is 1.54. The highest BCUT2D eigenvalue weighted by Crippen LogP contribution is 2.19. The van der Waals surface area contributed by atoms with Crippen LogP contribution in [-0.2, 0) is 18.6 Å². The number of nitrogens with zero attached hydrogens (tertiary/aromatic N) is 5. The fourth-order valence-electron chi connectivity index (χ4n) is 2.11. The molecule has 0 aliphatic carbocycles. The van der Waals surface area contributed by atoms with Gasteiger partial charge >= 0.3 is 0 Å². The Morgan fingerprint density at radius 3 is 2.87 bits per heavy atom. The molecule has 3 heterocycles. The molecule has 0 saturated carbocycles. The summed E-state index contributed by atoms with van der Waals surface area (Å²) in [5.74, 6) is 1.46. The number of H-pyrrole nitrogens is 1. The van der Waals surface area contributed by atoms with E-state index in [9.17, 15) is 4.79 Å². The zero-order chi connectivity index (χ0) is 16.2. The van der Waals surface area contributed by atoms with Gasteiger partial charge in [0.05, 0.1) is 5.69 Å². The van der Waals surface area contributed by atoms with Crippen molar-refractivity contribution in [3.8, 4) is 0 Å². The van der Waals surface area contributed by atoms with Crippen molar-refractivity contribution in [1.29, 1.82) is 0 Å². The van der Waals surface area contributed by atoms with Crippen molar-refractivity contribution in [2.45, 2.75) is 50.4 Å². The van der Waals surface area contributed by atoms with Gasteiger partial charge in [0.1, 0.15) is 10.8 Å². The van der Waals surface area contributed by atoms with Crippen LogP contribution in [0, 0.1) is 0 Å². The number of hydrogen-bond acceptors (Lipinski definition) is 7. The summed E-state index contributed by atoms with van der Waals surface area (Å²) >= 11 is 2.95. The SMILES string of the molecule is CCCc1nc(SCc2cc(=O)n3nc(CCC)sc3n2)n[nH]1. The summed E-state index contributed by atoms with van der Waals surface area (Å²) in [7, 11) is 0. The third-order valence-electron chi connectivity index (χ3n) is 3.15. The molecule has 0 aromatic carbocycles. The molecule has 3 aromatic heterocycles. The molecule has 1 N–H and O–H groups in total. The maximum atomic E-state index is 12.1. The van der Waals surface area contributed by atoms with E-state index < -0.39 is 0 Å². The van der Waals surface area contributed by atoms with Gasteiger partial charge in [-0.3, -0.25) is 9.89 Å². The summed E-state index contributed by atoms with van der Waals surface area (Å²) in [5, 5.41) is 13.0. The monoisotopic (exact) mass is 350 g/mol. The van der Waals surface area contributed by atoms with Gasteiger partial charge in [-0.1, -0.05) is 36.9 Å². The van der Waals surface area contributed by atoms with Crippen LogP contribution in [0.5, 0.6) is 0 Å². The first-order valence-electron chi connectivity index (χ1n) is 7.62. The number of rotatable bonds is 7. The second kappa shape index (κ2) is 7.22. The molecule has 122 valence electrons. The van der Waals surface area contributed by atoms with Crippen LogP contribution in [0.3, 0.4) is 0 Å². The molecular weight excluding hydrogens is 332 g/mol. The molecule has 0 bridgehead atoms. The van der Waals surface area contributed by atoms with Crippen LogP contribution in [0.4, 0.5) is 0 Å². The highest BCUT2D eigenvalue weighted by atomic mass is 32.2. The van der Waals surface area contributed by atoms with E-state index >= 15 is 0 Å². The molecule has 0 fully saturated rings. The minimum atomic E-state index is -0.133. The highest BCUT2D eigenvalue weighted by molar-refractivity contribution is 7.98. The largest absolute Gasteiger partial charge is 0.275 e. The zero-order valence-corrected chi connectivity index (χ0v) is 14.7. The molecular formula is C14H18N6OS2. The smallest absolute Gasteiger partial charge is 0.267 e. The molecule has 3 rings (SSSR count). The average Bonchev–Trinajstić information content (AvgIpc) is 3.13. The van der Waals surface area contributed by atoms with Crippen LogP contribution in [0.2, 0.25) is 0 Å². The van der Waals surface area contributed by atoms with Crippen molar-refractivity contribution in [1.82, 2.24) is 29.8 Å². The second-order valence-corrected chi connectivity index (χ2v) is 7.11. The van der Waals surface area contributed by atoms with Gasteiger partial charge in [0.25, 0.3) is 5.56 Å². The Balaban J connectivity index is 1.75. The maximum Gasteiger partial charge on any atom is 0.275 e. The number of fused-ring (bicyclic) bond motifs is 1. The van der Waals surface area contributed by atoms with Crippen LogP contribution in [0.25, 0.3) is 4.96 Å². The Bertz CT molecular complexity index is 852. The Labute approximate surface area is 141 Å². The van der Waals surface area contributed by atoms with Crippen LogP contribution < -0.4 is 5.56 Å². The standard InChI is InChI=1S/C14H18N6OS2/c1-3-5-10-16-13(18-17-10)22-8-9-7-12(21)20-14(15-9)23-11(19-20)6-4-2/h7H,3-6,8H2,1-2H3,(H,16,17,18). The Hall–Kier alpha value is -1.74. The van der Waals surface area contributed by atoms with E-state index in [0.717, 1.165) is 42.2 Å². The molecule has 0 saturated heterocycles. The van der Waals surface area contributed by atoms with Crippen molar-refractivity contribution in [2.75, 3.05) is 0 Å². The third kappa shape index (κ3) is 3.78. The molecule has 0 aliphatic rings. The molecule has 3 aromatic rings. The van der Waals surface area contributed by atoms with Crippen molar-refractivity contribution in [2.24, 2.45) is 0 Å². The van der Waals surface area contributed by atoms with Gasteiger partial charge in [-0.2, -0.15) is 9.61 Å². The number of aromatic nitrogens is 6. The number of thioether (sulfide) groups is 1. The van der Waals surface area contributed by atoms with E-state index in [0.29, 0.717) is 15.9 Å². The normalized spacial score (nSPS) is 11.4. The van der Waals surface area contributed by atoms with Crippen molar-refractivity contribution in [3.63, 3.8) is 0 Å². The minimum Gasteiger partial charge on any atom is -0.267 e. The van der Waals surface area contributed by atoms with Gasteiger partial charge in [0, 0.05) is 24.7 Å². The molecule has 0 unspecified atom stereocenters. The topological polar surface area (TPSA) is 88.8 Å². The molecule has 0 spiro atoms. The summed E-state index contributed by atoms with van der Waals surface area (Å²) in [5.41, 5.74) is 0.597. The predicted octanol–water partition coefficient (Wildman–Crippen LogP) is 2.47. The quantitative estimate of drug-likeness (QED) is 0.659. The van der Waals surface area contributed by atoms with E-state index in [-0.39, 0.29) is 5.56 Å². The predicted molar refractivity (Wildman–Crippen MR) is 91.1 cm³/mol. The first kappa shape index (κ1) is 16.1. The average molecular weight is 350 g/mol. The molecule has 0 amide bonds. The second-order valence-electron chi connectivity index (χ2n) is 5.13. The number of aromatic amines is 1. The van der Waals surface area contributed by atoms with E-state index in [4.69, 9.17) is 0 Å². The third-order valence-corrected chi connectivity index (χ3v) is 5.00. The first-order valence-corrected chi connectivity index (χ1v) is 9.42. The van der Waals surface area contributed by atoms with Crippen molar-refractivity contribution >= 4 is 28.1 Å². The molecule has 0 aliphatic heterocycles. The van der Waals surface area contributed by atoms with Gasteiger partial charge in [0.15, 0.2) is 0 Å². The summed E-state index contributed by atoms with van der Waals surface area (Å²) < 4.78 is 1.38. The molecule has 0 atom stereocenters. The van der Waals surface area contributed by atoms with Crippen LogP contribution in [0.1, 0.15) is 43.2 Å². The van der Waals surface area contributed by atoms with Gasteiger partial charge in [-0.25, -0.2) is 9.97 Å². The van der Waals surface area contributed by atoms with Crippen LogP contribution in [-0.4, -0.2) is 29.8 Å². The molecule has 0 radical (unpaired) electrons. The Morgan fingerprint density at radius 1 is 1.26 bits per heavy atom.